The molecule has 2 heterocycles. The normalized spacial score (nSPS) is 17.9. The number of amides is 1. The summed E-state index contributed by atoms with van der Waals surface area (Å²) in [6, 6.07) is 13.3. The van der Waals surface area contributed by atoms with E-state index in [9.17, 15) is 13.2 Å². The predicted molar refractivity (Wildman–Crippen MR) is 129 cm³/mol. The van der Waals surface area contributed by atoms with E-state index in [0.29, 0.717) is 13.0 Å². The van der Waals surface area contributed by atoms with E-state index in [1.807, 2.05) is 30.3 Å². The number of benzene rings is 2. The molecule has 1 aromatic heterocycles. The number of carbonyl (C=O) groups is 1. The van der Waals surface area contributed by atoms with Crippen LogP contribution in [0.3, 0.4) is 0 Å². The van der Waals surface area contributed by atoms with Gasteiger partial charge in [-0.25, -0.2) is 8.42 Å². The summed E-state index contributed by atoms with van der Waals surface area (Å²) in [4.78, 5) is 15.2. The first kappa shape index (κ1) is 23.4. The maximum absolute atomic E-state index is 13.5. The lowest BCUT2D eigenvalue weighted by molar-refractivity contribution is -0.133. The molecule has 0 spiro atoms. The van der Waals surface area contributed by atoms with Crippen LogP contribution >= 0.6 is 0 Å². The van der Waals surface area contributed by atoms with Crippen molar-refractivity contribution in [2.24, 2.45) is 0 Å². The molecule has 4 rings (SSSR count). The van der Waals surface area contributed by atoms with E-state index >= 15 is 0 Å². The Hall–Kier alpha value is -2.80. The van der Waals surface area contributed by atoms with Crippen LogP contribution in [0.4, 0.5) is 0 Å². The van der Waals surface area contributed by atoms with Gasteiger partial charge < -0.3 is 14.1 Å². The fourth-order valence-electron chi connectivity index (χ4n) is 4.32. The average molecular weight is 470 g/mol. The maximum atomic E-state index is 13.5. The minimum Gasteiger partial charge on any atom is -0.497 e. The van der Waals surface area contributed by atoms with Crippen molar-refractivity contribution in [1.29, 1.82) is 0 Å². The molecule has 1 aliphatic rings. The zero-order valence-corrected chi connectivity index (χ0v) is 20.4. The number of fused-ring (bicyclic) bond motifs is 1. The minimum absolute atomic E-state index is 0.00913. The zero-order valence-electron chi connectivity index (χ0n) is 19.6. The molecule has 1 aliphatic heterocycles. The number of sulfone groups is 1. The first-order chi connectivity index (χ1) is 15.6. The van der Waals surface area contributed by atoms with Crippen LogP contribution in [0.2, 0.25) is 0 Å². The molecule has 1 unspecified atom stereocenters. The fraction of sp³-hybridized carbons (Fsp3) is 0.423. The Kier molecular flexibility index (Phi) is 6.27. The van der Waals surface area contributed by atoms with Crippen molar-refractivity contribution in [1.82, 2.24) is 4.90 Å². The first-order valence-corrected chi connectivity index (χ1v) is 13.0. The van der Waals surface area contributed by atoms with E-state index in [2.05, 4.69) is 32.9 Å². The number of rotatable bonds is 6. The van der Waals surface area contributed by atoms with E-state index < -0.39 is 9.84 Å². The molecule has 1 amide bonds. The van der Waals surface area contributed by atoms with E-state index in [1.54, 1.807) is 18.3 Å². The number of methoxy groups -OCH3 is 1. The van der Waals surface area contributed by atoms with Gasteiger partial charge in [-0.15, -0.1) is 0 Å². The second kappa shape index (κ2) is 8.86. The Labute approximate surface area is 195 Å². The summed E-state index contributed by atoms with van der Waals surface area (Å²) in [5, 5.41) is 0.930. The van der Waals surface area contributed by atoms with Crippen LogP contribution in [0.5, 0.6) is 5.75 Å². The van der Waals surface area contributed by atoms with Crippen LogP contribution in [-0.4, -0.2) is 43.9 Å². The third-order valence-corrected chi connectivity index (χ3v) is 8.09. The number of ether oxygens (including phenoxy) is 1. The molecule has 1 saturated heterocycles. The molecule has 0 N–H and O–H groups in total. The Morgan fingerprint density at radius 3 is 2.48 bits per heavy atom. The van der Waals surface area contributed by atoms with E-state index in [4.69, 9.17) is 9.15 Å². The molecule has 7 heteroatoms. The van der Waals surface area contributed by atoms with Crippen LogP contribution in [0.15, 0.2) is 53.1 Å². The number of nitrogens with zero attached hydrogens (tertiary/aromatic N) is 1. The first-order valence-electron chi connectivity index (χ1n) is 11.2. The van der Waals surface area contributed by atoms with Gasteiger partial charge in [0.05, 0.1) is 31.3 Å². The van der Waals surface area contributed by atoms with Crippen LogP contribution in [0, 0.1) is 0 Å². The van der Waals surface area contributed by atoms with Gasteiger partial charge >= 0.3 is 0 Å². The van der Waals surface area contributed by atoms with E-state index in [1.165, 1.54) is 5.56 Å². The molecule has 6 nitrogen and oxygen atoms in total. The summed E-state index contributed by atoms with van der Waals surface area (Å²) in [5.74, 6) is 0.763. The second-order valence-electron chi connectivity index (χ2n) is 9.83. The molecule has 1 fully saturated rings. The lowest BCUT2D eigenvalue weighted by Gasteiger charge is -2.28. The van der Waals surface area contributed by atoms with Crippen LogP contribution in [-0.2, 0) is 33.0 Å². The lowest BCUT2D eigenvalue weighted by atomic mass is 9.86. The Morgan fingerprint density at radius 1 is 1.15 bits per heavy atom. The molecule has 176 valence electrons. The van der Waals surface area contributed by atoms with Gasteiger partial charge in [0.15, 0.2) is 9.84 Å². The van der Waals surface area contributed by atoms with Gasteiger partial charge in [0.2, 0.25) is 5.91 Å². The van der Waals surface area contributed by atoms with Gasteiger partial charge in [0, 0.05) is 23.5 Å². The topological polar surface area (TPSA) is 76.8 Å². The minimum atomic E-state index is -3.13. The fourth-order valence-corrected chi connectivity index (χ4v) is 6.05. The van der Waals surface area contributed by atoms with Gasteiger partial charge in [-0.05, 0) is 47.2 Å². The molecule has 0 aliphatic carbocycles. The standard InChI is InChI=1S/C26H31NO5S/c1-26(2,3)20-7-10-24-23(14-20)19(16-32-24)13-25(28)27(21-11-12-33(29,30)17-21)15-18-5-8-22(31-4)9-6-18/h5-10,14,16,21H,11-13,15,17H2,1-4H3. The summed E-state index contributed by atoms with van der Waals surface area (Å²) in [6.07, 6.45) is 2.27. The smallest absolute Gasteiger partial charge is 0.227 e. The van der Waals surface area contributed by atoms with E-state index in [0.717, 1.165) is 27.8 Å². The molecule has 0 bridgehead atoms. The van der Waals surface area contributed by atoms with E-state index in [-0.39, 0.29) is 35.3 Å². The van der Waals surface area contributed by atoms with Crippen LogP contribution < -0.4 is 4.74 Å². The zero-order chi connectivity index (χ0) is 23.8. The summed E-state index contributed by atoms with van der Waals surface area (Å²) in [6.45, 7) is 6.80. The largest absolute Gasteiger partial charge is 0.497 e. The van der Waals surface area contributed by atoms with Gasteiger partial charge in [-0.1, -0.05) is 39.0 Å². The number of carbonyl (C=O) groups excluding carboxylic acids is 1. The van der Waals surface area contributed by atoms with Gasteiger partial charge in [0.25, 0.3) is 0 Å². The molecule has 0 saturated carbocycles. The quantitative estimate of drug-likeness (QED) is 0.531. The highest BCUT2D eigenvalue weighted by molar-refractivity contribution is 7.91. The molecule has 2 aromatic carbocycles. The third-order valence-electron chi connectivity index (χ3n) is 6.34. The van der Waals surface area contributed by atoms with Gasteiger partial charge in [-0.2, -0.15) is 0 Å². The van der Waals surface area contributed by atoms with Crippen LogP contribution in [0.1, 0.15) is 43.9 Å². The van der Waals surface area contributed by atoms with Crippen molar-refractivity contribution >= 4 is 26.7 Å². The molecule has 1 atom stereocenters. The molecule has 3 aromatic rings. The van der Waals surface area contributed by atoms with Crippen molar-refractivity contribution < 1.29 is 22.4 Å². The van der Waals surface area contributed by atoms with Gasteiger partial charge in [-0.3, -0.25) is 4.79 Å². The highest BCUT2D eigenvalue weighted by Crippen LogP contribution is 2.30. The summed E-state index contributed by atoms with van der Waals surface area (Å²) in [7, 11) is -1.52. The van der Waals surface area contributed by atoms with Gasteiger partial charge in [0.1, 0.15) is 11.3 Å². The van der Waals surface area contributed by atoms with Crippen molar-refractivity contribution in [3.63, 3.8) is 0 Å². The summed E-state index contributed by atoms with van der Waals surface area (Å²) < 4.78 is 35.3. The predicted octanol–water partition coefficient (Wildman–Crippen LogP) is 4.50. The number of hydrogen-bond donors (Lipinski definition) is 0. The monoisotopic (exact) mass is 469 g/mol. The highest BCUT2D eigenvalue weighted by atomic mass is 32.2. The molecule has 0 radical (unpaired) electrons. The van der Waals surface area contributed by atoms with Crippen molar-refractivity contribution in [2.75, 3.05) is 18.6 Å². The second-order valence-corrected chi connectivity index (χ2v) is 12.1. The number of furan rings is 1. The maximum Gasteiger partial charge on any atom is 0.227 e. The Balaban J connectivity index is 1.62. The summed E-state index contributed by atoms with van der Waals surface area (Å²) >= 11 is 0. The lowest BCUT2D eigenvalue weighted by Crippen LogP contribution is -2.41. The van der Waals surface area contributed by atoms with Crippen molar-refractivity contribution in [2.45, 2.75) is 51.6 Å². The molecule has 33 heavy (non-hydrogen) atoms. The van der Waals surface area contributed by atoms with Crippen LogP contribution in [0.25, 0.3) is 11.0 Å². The molecular formula is C26H31NO5S. The molecular weight excluding hydrogens is 438 g/mol. The summed E-state index contributed by atoms with van der Waals surface area (Å²) in [5.41, 5.74) is 3.64. The SMILES string of the molecule is COc1ccc(CN(C(=O)Cc2coc3ccc(C(C)(C)C)cc23)C2CCS(=O)(=O)C2)cc1. The third kappa shape index (κ3) is 5.24. The van der Waals surface area contributed by atoms with Crippen molar-refractivity contribution in [3.05, 3.63) is 65.4 Å². The Bertz CT molecular complexity index is 1250. The average Bonchev–Trinajstić information content (AvgIpc) is 3.34. The Morgan fingerprint density at radius 2 is 1.88 bits per heavy atom. The highest BCUT2D eigenvalue weighted by Gasteiger charge is 2.35. The number of hydrogen-bond acceptors (Lipinski definition) is 5. The van der Waals surface area contributed by atoms with Crippen molar-refractivity contribution in [3.8, 4) is 5.75 Å².